The minimum atomic E-state index is -1.41. The Labute approximate surface area is 160 Å². The van der Waals surface area contributed by atoms with Crippen LogP contribution >= 0.6 is 0 Å². The lowest BCUT2D eigenvalue weighted by Gasteiger charge is -2.17. The number of nitrogens with two attached hydrogens (primary N) is 1. The maximum absolute atomic E-state index is 12.3. The van der Waals surface area contributed by atoms with Crippen molar-refractivity contribution in [3.63, 3.8) is 0 Å². The number of hydrogen-bond donors (Lipinski definition) is 5. The van der Waals surface area contributed by atoms with Gasteiger partial charge in [-0.1, -0.05) is 30.3 Å². The molecule has 1 fully saturated rings. The van der Waals surface area contributed by atoms with Gasteiger partial charge in [-0.3, -0.25) is 9.36 Å². The minimum Gasteiger partial charge on any atom is -0.394 e. The second-order valence-electron chi connectivity index (χ2n) is 6.52. The van der Waals surface area contributed by atoms with Crippen molar-refractivity contribution in [3.8, 4) is 0 Å². The third-order valence-electron chi connectivity index (χ3n) is 4.51. The maximum Gasteiger partial charge on any atom is 0.351 e. The van der Waals surface area contributed by atoms with Gasteiger partial charge in [0.2, 0.25) is 5.91 Å². The number of hydrogen-bond acceptors (Lipinski definition) is 8. The summed E-state index contributed by atoms with van der Waals surface area (Å²) in [5, 5.41) is 31.4. The Kier molecular flexibility index (Phi) is 6.17. The van der Waals surface area contributed by atoms with E-state index in [0.717, 1.165) is 10.1 Å². The zero-order valence-electron chi connectivity index (χ0n) is 14.9. The van der Waals surface area contributed by atoms with Gasteiger partial charge in [0, 0.05) is 6.20 Å². The first-order chi connectivity index (χ1) is 13.4. The van der Waals surface area contributed by atoms with Crippen LogP contribution in [0.4, 0.5) is 5.82 Å². The van der Waals surface area contributed by atoms with E-state index in [1.54, 1.807) is 0 Å². The number of anilines is 1. The summed E-state index contributed by atoms with van der Waals surface area (Å²) in [6, 6.07) is 9.79. The average Bonchev–Trinajstić information content (AvgIpc) is 2.97. The van der Waals surface area contributed by atoms with E-state index in [4.69, 9.17) is 15.6 Å². The molecule has 10 heteroatoms. The van der Waals surface area contributed by atoms with E-state index in [1.165, 1.54) is 12.3 Å². The predicted molar refractivity (Wildman–Crippen MR) is 98.3 cm³/mol. The highest BCUT2D eigenvalue weighted by Crippen LogP contribution is 2.28. The standard InChI is InChI=1S/C18H22N4O6/c19-11(8-10-4-2-1-3-5-10)16(26)20-13-6-7-22(18(27)21-13)17-15(25)14(24)12(9-23)28-17/h1-7,11-12,14-15,17,23-25H,8-9,19H2,(H,20,21,26,27). The van der Waals surface area contributed by atoms with Crippen LogP contribution in [0.3, 0.4) is 0 Å². The molecular weight excluding hydrogens is 368 g/mol. The summed E-state index contributed by atoms with van der Waals surface area (Å²) in [5.74, 6) is -0.497. The molecule has 1 aliphatic rings. The summed E-state index contributed by atoms with van der Waals surface area (Å²) in [6.07, 6.45) is -3.35. The minimum absolute atomic E-state index is 0.00139. The van der Waals surface area contributed by atoms with Gasteiger partial charge in [-0.05, 0) is 18.1 Å². The Morgan fingerprint density at radius 3 is 2.57 bits per heavy atom. The van der Waals surface area contributed by atoms with Crippen molar-refractivity contribution in [3.05, 3.63) is 58.6 Å². The summed E-state index contributed by atoms with van der Waals surface area (Å²) in [5.41, 5.74) is 6.00. The molecule has 2 aromatic rings. The van der Waals surface area contributed by atoms with Crippen LogP contribution in [0.2, 0.25) is 0 Å². The van der Waals surface area contributed by atoms with Crippen molar-refractivity contribution >= 4 is 11.7 Å². The molecule has 2 heterocycles. The van der Waals surface area contributed by atoms with Crippen molar-refractivity contribution in [1.29, 1.82) is 0 Å². The molecule has 10 nitrogen and oxygen atoms in total. The molecule has 3 rings (SSSR count). The van der Waals surface area contributed by atoms with Crippen LogP contribution in [0.1, 0.15) is 11.8 Å². The molecule has 1 aromatic carbocycles. The second-order valence-corrected chi connectivity index (χ2v) is 6.52. The van der Waals surface area contributed by atoms with Crippen LogP contribution in [0.15, 0.2) is 47.4 Å². The first-order valence-electron chi connectivity index (χ1n) is 8.72. The number of nitrogens with zero attached hydrogens (tertiary/aromatic N) is 2. The number of carbonyl (C=O) groups is 1. The zero-order chi connectivity index (χ0) is 20.3. The maximum atomic E-state index is 12.3. The Morgan fingerprint density at radius 1 is 1.25 bits per heavy atom. The molecule has 0 spiro atoms. The lowest BCUT2D eigenvalue weighted by atomic mass is 10.1. The number of aromatic nitrogens is 2. The van der Waals surface area contributed by atoms with Crippen molar-refractivity contribution in [2.45, 2.75) is 37.0 Å². The smallest absolute Gasteiger partial charge is 0.351 e. The number of amides is 1. The summed E-state index contributed by atoms with van der Waals surface area (Å²) in [4.78, 5) is 28.2. The lowest BCUT2D eigenvalue weighted by molar-refractivity contribution is -0.117. The van der Waals surface area contributed by atoms with Crippen LogP contribution in [-0.4, -0.2) is 61.7 Å². The summed E-state index contributed by atoms with van der Waals surface area (Å²) >= 11 is 0. The molecule has 150 valence electrons. The first kappa shape index (κ1) is 20.1. The SMILES string of the molecule is NC(Cc1ccccc1)C(=O)Nc1ccn(C2OC(CO)C(O)C2O)c(=O)n1. The number of aliphatic hydroxyl groups excluding tert-OH is 3. The molecule has 1 aliphatic heterocycles. The topological polar surface area (TPSA) is 160 Å². The van der Waals surface area contributed by atoms with Crippen molar-refractivity contribution in [1.82, 2.24) is 9.55 Å². The first-order valence-corrected chi connectivity index (χ1v) is 8.72. The van der Waals surface area contributed by atoms with Crippen LogP contribution in [0, 0.1) is 0 Å². The van der Waals surface area contributed by atoms with Gasteiger partial charge in [0.1, 0.15) is 24.1 Å². The molecule has 0 bridgehead atoms. The second kappa shape index (κ2) is 8.59. The van der Waals surface area contributed by atoms with E-state index in [-0.39, 0.29) is 5.82 Å². The zero-order valence-corrected chi connectivity index (χ0v) is 14.9. The largest absolute Gasteiger partial charge is 0.394 e. The molecule has 1 amide bonds. The fourth-order valence-electron chi connectivity index (χ4n) is 2.97. The number of carbonyl (C=O) groups excluding carboxylic acids is 1. The predicted octanol–water partition coefficient (Wildman–Crippen LogP) is -1.64. The van der Waals surface area contributed by atoms with Gasteiger partial charge in [0.25, 0.3) is 0 Å². The monoisotopic (exact) mass is 390 g/mol. The van der Waals surface area contributed by atoms with Crippen molar-refractivity contribution in [2.75, 3.05) is 11.9 Å². The molecule has 5 atom stereocenters. The molecule has 0 radical (unpaired) electrons. The fourth-order valence-corrected chi connectivity index (χ4v) is 2.97. The molecule has 5 unspecified atom stereocenters. The normalized spacial score (nSPS) is 25.4. The molecule has 28 heavy (non-hydrogen) atoms. The van der Waals surface area contributed by atoms with Gasteiger partial charge in [0.05, 0.1) is 12.6 Å². The summed E-state index contributed by atoms with van der Waals surface area (Å²) in [7, 11) is 0. The Morgan fingerprint density at radius 2 is 1.96 bits per heavy atom. The molecule has 1 saturated heterocycles. The fraction of sp³-hybridized carbons (Fsp3) is 0.389. The number of nitrogens with one attached hydrogen (secondary N) is 1. The summed E-state index contributed by atoms with van der Waals surface area (Å²) < 4.78 is 6.27. The van der Waals surface area contributed by atoms with Crippen LogP contribution < -0.4 is 16.7 Å². The van der Waals surface area contributed by atoms with Gasteiger partial charge >= 0.3 is 5.69 Å². The van der Waals surface area contributed by atoms with Crippen LogP contribution in [-0.2, 0) is 16.0 Å². The highest BCUT2D eigenvalue weighted by molar-refractivity contribution is 5.93. The highest BCUT2D eigenvalue weighted by Gasteiger charge is 2.43. The lowest BCUT2D eigenvalue weighted by Crippen LogP contribution is -2.39. The molecular formula is C18H22N4O6. The average molecular weight is 390 g/mol. The third-order valence-corrected chi connectivity index (χ3v) is 4.51. The Bertz CT molecular complexity index is 874. The summed E-state index contributed by atoms with van der Waals surface area (Å²) in [6.45, 7) is -0.510. The molecule has 0 saturated carbocycles. The Balaban J connectivity index is 1.67. The van der Waals surface area contributed by atoms with E-state index in [1.807, 2.05) is 30.3 Å². The number of aliphatic hydroxyl groups is 3. The number of rotatable bonds is 6. The van der Waals surface area contributed by atoms with E-state index in [2.05, 4.69) is 10.3 Å². The van der Waals surface area contributed by atoms with Gasteiger partial charge in [-0.25, -0.2) is 4.79 Å². The van der Waals surface area contributed by atoms with Gasteiger partial charge in [-0.15, -0.1) is 0 Å². The van der Waals surface area contributed by atoms with Crippen molar-refractivity contribution in [2.24, 2.45) is 5.73 Å². The number of benzene rings is 1. The van der Waals surface area contributed by atoms with Crippen LogP contribution in [0.5, 0.6) is 0 Å². The quantitative estimate of drug-likeness (QED) is 0.393. The van der Waals surface area contributed by atoms with E-state index in [9.17, 15) is 19.8 Å². The molecule has 0 aliphatic carbocycles. The van der Waals surface area contributed by atoms with Gasteiger partial charge in [-0.2, -0.15) is 4.98 Å². The molecule has 6 N–H and O–H groups in total. The van der Waals surface area contributed by atoms with Gasteiger partial charge < -0.3 is 31.1 Å². The third kappa shape index (κ3) is 4.26. The molecule has 1 aromatic heterocycles. The van der Waals surface area contributed by atoms with Gasteiger partial charge in [0.15, 0.2) is 6.23 Å². The Hall–Kier alpha value is -2.63. The number of ether oxygens (including phenoxy) is 1. The van der Waals surface area contributed by atoms with E-state index < -0.39 is 48.8 Å². The van der Waals surface area contributed by atoms with Crippen LogP contribution in [0.25, 0.3) is 0 Å². The highest BCUT2D eigenvalue weighted by atomic mass is 16.6. The van der Waals surface area contributed by atoms with E-state index in [0.29, 0.717) is 6.42 Å². The van der Waals surface area contributed by atoms with Crippen molar-refractivity contribution < 1.29 is 24.9 Å². The van der Waals surface area contributed by atoms with E-state index >= 15 is 0 Å².